The van der Waals surface area contributed by atoms with E-state index >= 15 is 0 Å². The highest BCUT2D eigenvalue weighted by atomic mass is 16.4. The molecular weight excluding hydrogens is 254 g/mol. The predicted octanol–water partition coefficient (Wildman–Crippen LogP) is 3.06. The van der Waals surface area contributed by atoms with Crippen LogP contribution in [-0.2, 0) is 9.59 Å². The molecule has 1 saturated carbocycles. The van der Waals surface area contributed by atoms with Crippen molar-refractivity contribution in [2.24, 2.45) is 10.8 Å². The fourth-order valence-corrected chi connectivity index (χ4v) is 3.46. The Bertz CT molecular complexity index is 373. The molecule has 0 radical (unpaired) electrons. The van der Waals surface area contributed by atoms with Crippen LogP contribution in [0.15, 0.2) is 0 Å². The van der Waals surface area contributed by atoms with Crippen LogP contribution in [0.2, 0.25) is 0 Å². The van der Waals surface area contributed by atoms with Crippen molar-refractivity contribution in [2.45, 2.75) is 65.2 Å². The van der Waals surface area contributed by atoms with Gasteiger partial charge in [-0.15, -0.1) is 0 Å². The molecule has 0 spiro atoms. The molecule has 0 atom stereocenters. The Hall–Kier alpha value is -1.06. The highest BCUT2D eigenvalue weighted by Crippen LogP contribution is 2.40. The number of carboxylic acid groups (broad SMARTS) is 1. The minimum absolute atomic E-state index is 0.0461. The molecule has 2 rings (SSSR count). The number of likely N-dealkylation sites (tertiary alicyclic amines) is 1. The first-order valence-corrected chi connectivity index (χ1v) is 7.86. The van der Waals surface area contributed by atoms with Gasteiger partial charge in [0.2, 0.25) is 5.91 Å². The number of rotatable bonds is 3. The van der Waals surface area contributed by atoms with Crippen LogP contribution >= 0.6 is 0 Å². The zero-order chi connectivity index (χ0) is 14.8. The summed E-state index contributed by atoms with van der Waals surface area (Å²) in [6.07, 6.45) is 6.52. The molecule has 4 nitrogen and oxygen atoms in total. The molecule has 0 aromatic heterocycles. The lowest BCUT2D eigenvalue weighted by Crippen LogP contribution is -2.45. The number of piperidine rings is 1. The molecule has 1 amide bonds. The van der Waals surface area contributed by atoms with E-state index in [4.69, 9.17) is 0 Å². The summed E-state index contributed by atoms with van der Waals surface area (Å²) in [6, 6.07) is 0. The van der Waals surface area contributed by atoms with Crippen LogP contribution in [0, 0.1) is 10.8 Å². The van der Waals surface area contributed by atoms with Gasteiger partial charge in [0.15, 0.2) is 0 Å². The van der Waals surface area contributed by atoms with Crippen LogP contribution in [-0.4, -0.2) is 35.0 Å². The van der Waals surface area contributed by atoms with Crippen LogP contribution in [0.3, 0.4) is 0 Å². The van der Waals surface area contributed by atoms with E-state index < -0.39 is 11.4 Å². The fraction of sp³-hybridized carbons (Fsp3) is 0.875. The minimum atomic E-state index is -0.789. The Balaban J connectivity index is 1.97. The third-order valence-electron chi connectivity index (χ3n) is 5.22. The summed E-state index contributed by atoms with van der Waals surface area (Å²) in [5.41, 5.74) is -0.478. The van der Waals surface area contributed by atoms with Crippen molar-refractivity contribution in [3.63, 3.8) is 0 Å². The Morgan fingerprint density at radius 3 is 2.05 bits per heavy atom. The van der Waals surface area contributed by atoms with Crippen LogP contribution in [0.25, 0.3) is 0 Å². The average molecular weight is 281 g/mol. The zero-order valence-electron chi connectivity index (χ0n) is 12.8. The number of aliphatic carboxylic acids is 1. The molecule has 2 aliphatic rings. The highest BCUT2D eigenvalue weighted by molar-refractivity contribution is 5.85. The molecular formula is C16H27NO3. The van der Waals surface area contributed by atoms with Gasteiger partial charge in [-0.3, -0.25) is 9.59 Å². The molecule has 0 bridgehead atoms. The number of hydrogen-bond donors (Lipinski definition) is 1. The van der Waals surface area contributed by atoms with Gasteiger partial charge in [-0.05, 0) is 31.1 Å². The van der Waals surface area contributed by atoms with Gasteiger partial charge in [-0.2, -0.15) is 0 Å². The summed E-state index contributed by atoms with van der Waals surface area (Å²) in [4.78, 5) is 26.0. The van der Waals surface area contributed by atoms with E-state index in [1.165, 1.54) is 0 Å². The van der Waals surface area contributed by atoms with E-state index in [0.717, 1.165) is 45.2 Å². The SMILES string of the molecule is CC1(C)CCN(C(=O)CC2(C(=O)O)CCCCC2)CC1. The normalized spacial score (nSPS) is 25.2. The van der Waals surface area contributed by atoms with Crippen molar-refractivity contribution in [1.29, 1.82) is 0 Å². The Morgan fingerprint density at radius 1 is 1.00 bits per heavy atom. The third kappa shape index (κ3) is 3.33. The van der Waals surface area contributed by atoms with Crippen molar-refractivity contribution < 1.29 is 14.7 Å². The summed E-state index contributed by atoms with van der Waals surface area (Å²) < 4.78 is 0. The topological polar surface area (TPSA) is 57.6 Å². The molecule has 0 aromatic rings. The van der Waals surface area contributed by atoms with Gasteiger partial charge in [0.05, 0.1) is 5.41 Å². The number of carbonyl (C=O) groups excluding carboxylic acids is 1. The molecule has 0 unspecified atom stereocenters. The Morgan fingerprint density at radius 2 is 1.55 bits per heavy atom. The summed E-state index contributed by atoms with van der Waals surface area (Å²) in [5, 5.41) is 9.55. The summed E-state index contributed by atoms with van der Waals surface area (Å²) >= 11 is 0. The average Bonchev–Trinajstić information content (AvgIpc) is 2.39. The smallest absolute Gasteiger partial charge is 0.310 e. The molecule has 20 heavy (non-hydrogen) atoms. The van der Waals surface area contributed by atoms with Crippen molar-refractivity contribution >= 4 is 11.9 Å². The van der Waals surface area contributed by atoms with Crippen LogP contribution in [0.5, 0.6) is 0 Å². The molecule has 4 heteroatoms. The molecule has 0 aromatic carbocycles. The van der Waals surface area contributed by atoms with Gasteiger partial charge < -0.3 is 10.0 Å². The molecule has 1 saturated heterocycles. The largest absolute Gasteiger partial charge is 0.481 e. The van der Waals surface area contributed by atoms with E-state index in [1.807, 2.05) is 4.90 Å². The van der Waals surface area contributed by atoms with Gasteiger partial charge in [-0.1, -0.05) is 33.1 Å². The van der Waals surface area contributed by atoms with E-state index in [1.54, 1.807) is 0 Å². The quantitative estimate of drug-likeness (QED) is 0.865. The number of carbonyl (C=O) groups is 2. The molecule has 1 N–H and O–H groups in total. The van der Waals surface area contributed by atoms with E-state index in [0.29, 0.717) is 18.3 Å². The van der Waals surface area contributed by atoms with Crippen molar-refractivity contribution in [3.8, 4) is 0 Å². The van der Waals surface area contributed by atoms with Gasteiger partial charge in [-0.25, -0.2) is 0 Å². The second-order valence-corrected chi connectivity index (χ2v) is 7.37. The van der Waals surface area contributed by atoms with Crippen molar-refractivity contribution in [3.05, 3.63) is 0 Å². The standard InChI is InChI=1S/C16H27NO3/c1-15(2)8-10-17(11-9-15)13(18)12-16(14(19)20)6-4-3-5-7-16/h3-12H2,1-2H3,(H,19,20). The summed E-state index contributed by atoms with van der Waals surface area (Å²) in [5.74, 6) is -0.729. The lowest BCUT2D eigenvalue weighted by molar-refractivity contribution is -0.156. The first-order chi connectivity index (χ1) is 9.35. The second kappa shape index (κ2) is 5.74. The fourth-order valence-electron chi connectivity index (χ4n) is 3.46. The minimum Gasteiger partial charge on any atom is -0.481 e. The van der Waals surface area contributed by atoms with Crippen molar-refractivity contribution in [2.75, 3.05) is 13.1 Å². The zero-order valence-corrected chi connectivity index (χ0v) is 12.8. The summed E-state index contributed by atoms with van der Waals surface area (Å²) in [7, 11) is 0. The Kier molecular flexibility index (Phi) is 4.40. The lowest BCUT2D eigenvalue weighted by atomic mass is 9.71. The molecule has 1 heterocycles. The van der Waals surface area contributed by atoms with Crippen molar-refractivity contribution in [1.82, 2.24) is 4.90 Å². The number of nitrogens with zero attached hydrogens (tertiary/aromatic N) is 1. The van der Waals surface area contributed by atoms with Crippen LogP contribution in [0.4, 0.5) is 0 Å². The van der Waals surface area contributed by atoms with E-state index in [2.05, 4.69) is 13.8 Å². The maximum atomic E-state index is 12.4. The maximum Gasteiger partial charge on any atom is 0.310 e. The first kappa shape index (κ1) is 15.3. The molecule has 1 aliphatic carbocycles. The second-order valence-electron chi connectivity index (χ2n) is 7.37. The Labute approximate surface area is 121 Å². The summed E-state index contributed by atoms with van der Waals surface area (Å²) in [6.45, 7) is 6.02. The number of amides is 1. The first-order valence-electron chi connectivity index (χ1n) is 7.86. The van der Waals surface area contributed by atoms with Gasteiger partial charge in [0, 0.05) is 19.5 Å². The predicted molar refractivity (Wildman–Crippen MR) is 77.4 cm³/mol. The molecule has 2 fully saturated rings. The molecule has 114 valence electrons. The van der Waals surface area contributed by atoms with E-state index in [-0.39, 0.29) is 12.3 Å². The number of hydrogen-bond acceptors (Lipinski definition) is 2. The van der Waals surface area contributed by atoms with Gasteiger partial charge >= 0.3 is 5.97 Å². The monoisotopic (exact) mass is 281 g/mol. The van der Waals surface area contributed by atoms with E-state index in [9.17, 15) is 14.7 Å². The third-order valence-corrected chi connectivity index (χ3v) is 5.22. The van der Waals surface area contributed by atoms with Gasteiger partial charge in [0.1, 0.15) is 0 Å². The molecule has 1 aliphatic heterocycles. The van der Waals surface area contributed by atoms with Crippen LogP contribution in [0.1, 0.15) is 65.2 Å². The van der Waals surface area contributed by atoms with Gasteiger partial charge in [0.25, 0.3) is 0 Å². The van der Waals surface area contributed by atoms with Crippen LogP contribution < -0.4 is 0 Å². The number of carboxylic acids is 1. The lowest BCUT2D eigenvalue weighted by Gasteiger charge is -2.39. The highest BCUT2D eigenvalue weighted by Gasteiger charge is 2.42. The maximum absolute atomic E-state index is 12.4.